The lowest BCUT2D eigenvalue weighted by molar-refractivity contribution is 0.0105. The summed E-state index contributed by atoms with van der Waals surface area (Å²) in [5.41, 5.74) is 0. The molecule has 2 atom stereocenters. The summed E-state index contributed by atoms with van der Waals surface area (Å²) in [6.07, 6.45) is 23.7. The van der Waals surface area contributed by atoms with E-state index in [1.54, 1.807) is 0 Å². The van der Waals surface area contributed by atoms with E-state index < -0.39 is 10.4 Å². The highest BCUT2D eigenvalue weighted by Crippen LogP contribution is 2.15. The van der Waals surface area contributed by atoms with Gasteiger partial charge in [-0.2, -0.15) is 8.42 Å². The van der Waals surface area contributed by atoms with E-state index in [0.29, 0.717) is 6.04 Å². The maximum Gasteiger partial charge on any atom is 0.397 e. The molecule has 7 heteroatoms. The molecule has 2 N–H and O–H groups in total. The molecule has 0 heterocycles. The van der Waals surface area contributed by atoms with Crippen LogP contribution < -0.4 is 0 Å². The zero-order chi connectivity index (χ0) is 24.0. The van der Waals surface area contributed by atoms with E-state index >= 15 is 0 Å². The fourth-order valence-electron chi connectivity index (χ4n) is 3.56. The molecule has 0 aliphatic carbocycles. The first-order valence-electron chi connectivity index (χ1n) is 12.6. The van der Waals surface area contributed by atoms with Crippen molar-refractivity contribution in [1.29, 1.82) is 0 Å². The number of aliphatic hydroxyl groups excluding tert-OH is 1. The van der Waals surface area contributed by atoms with Crippen molar-refractivity contribution in [2.45, 2.75) is 142 Å². The third-order valence-corrected chi connectivity index (χ3v) is 6.39. The molecule has 0 radical (unpaired) electrons. The molecule has 6 nitrogen and oxygen atoms in total. The van der Waals surface area contributed by atoms with E-state index in [-0.39, 0.29) is 6.23 Å². The van der Waals surface area contributed by atoms with Gasteiger partial charge in [-0.15, -0.1) is 0 Å². The maximum absolute atomic E-state index is 9.55. The van der Waals surface area contributed by atoms with E-state index in [9.17, 15) is 13.5 Å². The fourth-order valence-corrected chi connectivity index (χ4v) is 3.56. The van der Waals surface area contributed by atoms with Crippen LogP contribution in [0.3, 0.4) is 0 Å². The van der Waals surface area contributed by atoms with Gasteiger partial charge in [-0.1, -0.05) is 110 Å². The van der Waals surface area contributed by atoms with Crippen molar-refractivity contribution in [2.75, 3.05) is 14.2 Å². The predicted molar refractivity (Wildman–Crippen MR) is 132 cm³/mol. The minimum atomic E-state index is -4.16. The highest BCUT2D eigenvalue weighted by atomic mass is 32.3. The van der Waals surface area contributed by atoms with Crippen molar-refractivity contribution in [2.24, 2.45) is 0 Å². The Balaban J connectivity index is 0. The molecule has 0 saturated heterocycles. The molecule has 0 spiro atoms. The van der Waals surface area contributed by atoms with E-state index in [4.69, 9.17) is 4.55 Å². The Morgan fingerprint density at radius 3 is 1.29 bits per heavy atom. The highest BCUT2D eigenvalue weighted by Gasteiger charge is 2.12. The van der Waals surface area contributed by atoms with Crippen LogP contribution in [0, 0.1) is 0 Å². The largest absolute Gasteiger partial charge is 0.397 e. The van der Waals surface area contributed by atoms with E-state index in [2.05, 4.69) is 22.9 Å². The number of unbranched alkanes of at least 4 members (excludes halogenated alkanes) is 15. The predicted octanol–water partition coefficient (Wildman–Crippen LogP) is 6.73. The molecular formula is C24H53NO5S. The molecule has 31 heavy (non-hydrogen) atoms. The molecule has 0 rings (SSSR count). The lowest BCUT2D eigenvalue weighted by atomic mass is 10.0. The summed E-state index contributed by atoms with van der Waals surface area (Å²) in [4.78, 5) is 2.06. The Hall–Kier alpha value is -0.210. The molecule has 0 aromatic carbocycles. The van der Waals surface area contributed by atoms with Gasteiger partial charge in [0.2, 0.25) is 0 Å². The van der Waals surface area contributed by atoms with Gasteiger partial charge in [-0.05, 0) is 27.3 Å². The average molecular weight is 468 g/mol. The number of aliphatic hydroxyl groups is 1. The Labute approximate surface area is 194 Å². The maximum atomic E-state index is 9.55. The topological polar surface area (TPSA) is 87.1 Å². The molecule has 0 amide bonds. The van der Waals surface area contributed by atoms with Gasteiger partial charge in [0.05, 0.1) is 7.11 Å². The van der Waals surface area contributed by atoms with Crippen molar-refractivity contribution < 1.29 is 22.3 Å². The lowest BCUT2D eigenvalue weighted by Gasteiger charge is -2.27. The first-order valence-corrected chi connectivity index (χ1v) is 13.9. The second-order valence-corrected chi connectivity index (χ2v) is 10.0. The van der Waals surface area contributed by atoms with Crippen LogP contribution in [0.2, 0.25) is 0 Å². The van der Waals surface area contributed by atoms with Gasteiger partial charge in [-0.25, -0.2) is 0 Å². The van der Waals surface area contributed by atoms with Gasteiger partial charge in [0.25, 0.3) is 0 Å². The SMILES string of the molecule is CCCCCCCCCCCCCCCCCCC(C)N(C)C(C)O.COS(=O)(=O)O. The van der Waals surface area contributed by atoms with Gasteiger partial charge >= 0.3 is 10.4 Å². The van der Waals surface area contributed by atoms with E-state index in [1.807, 2.05) is 14.0 Å². The quantitative estimate of drug-likeness (QED) is 0.117. The summed E-state index contributed by atoms with van der Waals surface area (Å²) >= 11 is 0. The molecule has 0 saturated carbocycles. The van der Waals surface area contributed by atoms with Gasteiger partial charge < -0.3 is 5.11 Å². The second-order valence-electron chi connectivity index (χ2n) is 8.83. The van der Waals surface area contributed by atoms with Crippen LogP contribution in [0.5, 0.6) is 0 Å². The molecular weight excluding hydrogens is 414 g/mol. The minimum Gasteiger partial charge on any atom is -0.379 e. The van der Waals surface area contributed by atoms with E-state index in [0.717, 1.165) is 7.11 Å². The Morgan fingerprint density at radius 2 is 1.03 bits per heavy atom. The lowest BCUT2D eigenvalue weighted by Crippen LogP contribution is -2.36. The van der Waals surface area contributed by atoms with Crippen LogP contribution in [0.1, 0.15) is 130 Å². The molecule has 0 aliphatic rings. The Kier molecular flexibility index (Phi) is 24.4. The van der Waals surface area contributed by atoms with Crippen molar-refractivity contribution in [3.05, 3.63) is 0 Å². The van der Waals surface area contributed by atoms with Crippen molar-refractivity contribution in [1.82, 2.24) is 4.90 Å². The normalized spacial score (nSPS) is 13.7. The van der Waals surface area contributed by atoms with Crippen LogP contribution in [0.15, 0.2) is 0 Å². The van der Waals surface area contributed by atoms with E-state index in [1.165, 1.54) is 109 Å². The molecule has 190 valence electrons. The van der Waals surface area contributed by atoms with Crippen molar-refractivity contribution in [3.63, 3.8) is 0 Å². The van der Waals surface area contributed by atoms with Crippen molar-refractivity contribution in [3.8, 4) is 0 Å². The monoisotopic (exact) mass is 467 g/mol. The standard InChI is InChI=1S/C23H49NO.CH4O4S/c1-5-6-7-8-9-10-11-12-13-14-15-16-17-18-19-20-21-22(2)24(4)23(3)25;1-5-6(2,3)4/h22-23,25H,5-21H2,1-4H3;1H3,(H,2,3,4). The Bertz CT molecular complexity index is 457. The van der Waals surface area contributed by atoms with Crippen LogP contribution in [0.25, 0.3) is 0 Å². The fraction of sp³-hybridized carbons (Fsp3) is 1.00. The van der Waals surface area contributed by atoms with Crippen LogP contribution in [-0.2, 0) is 14.6 Å². The summed E-state index contributed by atoms with van der Waals surface area (Å²) in [5.74, 6) is 0. The molecule has 2 unspecified atom stereocenters. The number of hydrogen-bond acceptors (Lipinski definition) is 5. The van der Waals surface area contributed by atoms with Gasteiger partial charge in [-0.3, -0.25) is 13.6 Å². The van der Waals surface area contributed by atoms with Gasteiger partial charge in [0.15, 0.2) is 0 Å². The summed E-state index contributed by atoms with van der Waals surface area (Å²) in [6, 6.07) is 0.492. The third-order valence-electron chi connectivity index (χ3n) is 5.97. The van der Waals surface area contributed by atoms with Gasteiger partial charge in [0.1, 0.15) is 6.23 Å². The highest BCUT2D eigenvalue weighted by molar-refractivity contribution is 7.80. The number of hydrogen-bond donors (Lipinski definition) is 2. The van der Waals surface area contributed by atoms with Crippen LogP contribution in [-0.4, -0.2) is 49.4 Å². The van der Waals surface area contributed by atoms with Gasteiger partial charge in [0, 0.05) is 6.04 Å². The summed E-state index contributed by atoms with van der Waals surface area (Å²) in [6.45, 7) is 6.36. The van der Waals surface area contributed by atoms with Crippen molar-refractivity contribution >= 4 is 10.4 Å². The summed E-state index contributed by atoms with van der Waals surface area (Å²) in [7, 11) is -1.28. The molecule has 0 aliphatic heterocycles. The Morgan fingerprint density at radius 1 is 0.742 bits per heavy atom. The summed E-state index contributed by atoms with van der Waals surface area (Å²) in [5, 5.41) is 9.55. The van der Waals surface area contributed by atoms with Crippen LogP contribution >= 0.6 is 0 Å². The zero-order valence-corrected chi connectivity index (χ0v) is 22.0. The molecule has 0 fully saturated rings. The third kappa shape index (κ3) is 27.8. The molecule has 0 aromatic rings. The first-order chi connectivity index (χ1) is 14.7. The molecule has 0 bridgehead atoms. The average Bonchev–Trinajstić information content (AvgIpc) is 2.72. The smallest absolute Gasteiger partial charge is 0.379 e. The zero-order valence-electron chi connectivity index (χ0n) is 21.2. The second kappa shape index (κ2) is 23.0. The minimum absolute atomic E-state index is 0.323. The number of nitrogens with zero attached hydrogens (tertiary/aromatic N) is 1. The summed E-state index contributed by atoms with van der Waals surface area (Å²) < 4.78 is 29.7. The van der Waals surface area contributed by atoms with Crippen LogP contribution in [0.4, 0.5) is 0 Å². The number of rotatable bonds is 20. The first kappa shape index (κ1) is 33.0. The molecule has 0 aromatic heterocycles.